The zero-order valence-corrected chi connectivity index (χ0v) is 16.0. The molecule has 0 saturated carbocycles. The molecule has 0 bridgehead atoms. The van der Waals surface area contributed by atoms with Crippen molar-refractivity contribution in [2.75, 3.05) is 51.5 Å². The number of rotatable bonds is 6. The Hall–Kier alpha value is -2.93. The van der Waals surface area contributed by atoms with Crippen LogP contribution in [0.4, 0.5) is 5.69 Å². The fourth-order valence-corrected chi connectivity index (χ4v) is 3.48. The maximum absolute atomic E-state index is 12.3. The zero-order chi connectivity index (χ0) is 19.3. The first-order chi connectivity index (χ1) is 13.7. The smallest absolute Gasteiger partial charge is 0.234 e. The largest absolute Gasteiger partial charge is 0.497 e. The van der Waals surface area contributed by atoms with E-state index in [0.29, 0.717) is 13.1 Å². The Morgan fingerprint density at radius 3 is 2.71 bits per heavy atom. The van der Waals surface area contributed by atoms with Gasteiger partial charge in [0.1, 0.15) is 5.75 Å². The summed E-state index contributed by atoms with van der Waals surface area (Å²) in [6.45, 7) is 4.65. The fourth-order valence-electron chi connectivity index (χ4n) is 3.48. The number of benzene rings is 2. The molecule has 2 aliphatic rings. The Bertz CT molecular complexity index is 834. The lowest BCUT2D eigenvalue weighted by atomic mass is 10.2. The molecule has 148 valence electrons. The molecule has 28 heavy (non-hydrogen) atoms. The molecule has 2 aromatic carbocycles. The predicted octanol–water partition coefficient (Wildman–Crippen LogP) is 1.86. The molecule has 4 rings (SSSR count). The lowest BCUT2D eigenvalue weighted by molar-refractivity contribution is -0.122. The molecule has 0 unspecified atom stereocenters. The van der Waals surface area contributed by atoms with Gasteiger partial charge < -0.3 is 24.4 Å². The van der Waals surface area contributed by atoms with Gasteiger partial charge in [0.25, 0.3) is 0 Å². The van der Waals surface area contributed by atoms with Crippen LogP contribution in [0, 0.1) is 0 Å². The molecule has 7 nitrogen and oxygen atoms in total. The monoisotopic (exact) mass is 383 g/mol. The van der Waals surface area contributed by atoms with Crippen LogP contribution in [-0.2, 0) is 11.3 Å². The number of methoxy groups -OCH3 is 1. The molecule has 0 atom stereocenters. The molecule has 7 heteroatoms. The van der Waals surface area contributed by atoms with Gasteiger partial charge in [0, 0.05) is 44.5 Å². The third kappa shape index (κ3) is 4.31. The number of carbonyl (C=O) groups is 1. The Morgan fingerprint density at radius 1 is 1.07 bits per heavy atom. The highest BCUT2D eigenvalue weighted by molar-refractivity contribution is 5.78. The van der Waals surface area contributed by atoms with Crippen molar-refractivity contribution in [3.8, 4) is 17.2 Å². The first-order valence-electron chi connectivity index (χ1n) is 9.48. The lowest BCUT2D eigenvalue weighted by Crippen LogP contribution is -2.49. The third-order valence-corrected chi connectivity index (χ3v) is 5.08. The van der Waals surface area contributed by atoms with Gasteiger partial charge in [-0.15, -0.1) is 0 Å². The number of ether oxygens (including phenoxy) is 3. The van der Waals surface area contributed by atoms with E-state index in [4.69, 9.17) is 14.2 Å². The Balaban J connectivity index is 1.22. The highest BCUT2D eigenvalue weighted by atomic mass is 16.7. The van der Waals surface area contributed by atoms with Gasteiger partial charge in [-0.05, 0) is 29.8 Å². The van der Waals surface area contributed by atoms with E-state index in [1.54, 1.807) is 7.11 Å². The van der Waals surface area contributed by atoms with E-state index in [9.17, 15) is 4.79 Å². The van der Waals surface area contributed by atoms with Crippen LogP contribution in [0.2, 0.25) is 0 Å². The molecule has 2 heterocycles. The molecule has 1 amide bonds. The minimum atomic E-state index is 0.0347. The molecule has 0 aliphatic carbocycles. The summed E-state index contributed by atoms with van der Waals surface area (Å²) in [7, 11) is 1.68. The summed E-state index contributed by atoms with van der Waals surface area (Å²) in [5.74, 6) is 2.39. The van der Waals surface area contributed by atoms with Crippen molar-refractivity contribution in [1.29, 1.82) is 0 Å². The summed E-state index contributed by atoms with van der Waals surface area (Å²) in [6, 6.07) is 13.8. The summed E-state index contributed by atoms with van der Waals surface area (Å²) in [5, 5.41) is 2.99. The molecule has 0 spiro atoms. The number of amides is 1. The van der Waals surface area contributed by atoms with E-state index in [2.05, 4.69) is 21.2 Å². The van der Waals surface area contributed by atoms with Crippen molar-refractivity contribution >= 4 is 11.6 Å². The highest BCUT2D eigenvalue weighted by Crippen LogP contribution is 2.32. The fraction of sp³-hybridized carbons (Fsp3) is 0.381. The van der Waals surface area contributed by atoms with Crippen molar-refractivity contribution in [2.45, 2.75) is 6.54 Å². The molecule has 2 aromatic rings. The number of hydrogen-bond acceptors (Lipinski definition) is 6. The number of nitrogens with zero attached hydrogens (tertiary/aromatic N) is 2. The van der Waals surface area contributed by atoms with E-state index < -0.39 is 0 Å². The second kappa shape index (κ2) is 8.39. The van der Waals surface area contributed by atoms with Gasteiger partial charge >= 0.3 is 0 Å². The van der Waals surface area contributed by atoms with Crippen LogP contribution < -0.4 is 24.4 Å². The lowest BCUT2D eigenvalue weighted by Gasteiger charge is -2.35. The Labute approximate surface area is 164 Å². The predicted molar refractivity (Wildman–Crippen MR) is 106 cm³/mol. The maximum atomic E-state index is 12.3. The Morgan fingerprint density at radius 2 is 1.89 bits per heavy atom. The average Bonchev–Trinajstić information content (AvgIpc) is 3.21. The Kier molecular flexibility index (Phi) is 5.53. The average molecular weight is 383 g/mol. The number of carbonyl (C=O) groups excluding carboxylic acids is 1. The first-order valence-corrected chi connectivity index (χ1v) is 9.48. The van der Waals surface area contributed by atoms with Crippen LogP contribution in [0.3, 0.4) is 0 Å². The molecule has 0 radical (unpaired) electrons. The summed E-state index contributed by atoms with van der Waals surface area (Å²) >= 11 is 0. The van der Waals surface area contributed by atoms with E-state index >= 15 is 0 Å². The molecule has 0 aromatic heterocycles. The van der Waals surface area contributed by atoms with Gasteiger partial charge in [-0.3, -0.25) is 9.69 Å². The van der Waals surface area contributed by atoms with E-state index in [-0.39, 0.29) is 12.7 Å². The van der Waals surface area contributed by atoms with Gasteiger partial charge in [-0.2, -0.15) is 0 Å². The first kappa shape index (κ1) is 18.4. The zero-order valence-electron chi connectivity index (χ0n) is 16.0. The van der Waals surface area contributed by atoms with Gasteiger partial charge in [0.15, 0.2) is 11.5 Å². The van der Waals surface area contributed by atoms with Crippen LogP contribution in [0.15, 0.2) is 42.5 Å². The van der Waals surface area contributed by atoms with Gasteiger partial charge in [-0.1, -0.05) is 12.1 Å². The van der Waals surface area contributed by atoms with Gasteiger partial charge in [0.2, 0.25) is 12.7 Å². The van der Waals surface area contributed by atoms with E-state index in [1.807, 2.05) is 36.4 Å². The minimum absolute atomic E-state index is 0.0347. The molecule has 1 N–H and O–H groups in total. The quantitative estimate of drug-likeness (QED) is 0.822. The minimum Gasteiger partial charge on any atom is -0.497 e. The summed E-state index contributed by atoms with van der Waals surface area (Å²) < 4.78 is 16.0. The van der Waals surface area contributed by atoms with Crippen LogP contribution in [0.1, 0.15) is 5.56 Å². The topological polar surface area (TPSA) is 63.3 Å². The van der Waals surface area contributed by atoms with Crippen LogP contribution >= 0.6 is 0 Å². The second-order valence-corrected chi connectivity index (χ2v) is 6.93. The third-order valence-electron chi connectivity index (χ3n) is 5.08. The van der Waals surface area contributed by atoms with Crippen molar-refractivity contribution in [3.05, 3.63) is 48.0 Å². The van der Waals surface area contributed by atoms with Crippen molar-refractivity contribution in [1.82, 2.24) is 10.2 Å². The van der Waals surface area contributed by atoms with E-state index in [0.717, 1.165) is 54.7 Å². The van der Waals surface area contributed by atoms with Gasteiger partial charge in [-0.25, -0.2) is 0 Å². The van der Waals surface area contributed by atoms with Gasteiger partial charge in [0.05, 0.1) is 13.7 Å². The van der Waals surface area contributed by atoms with Crippen LogP contribution in [0.5, 0.6) is 17.2 Å². The van der Waals surface area contributed by atoms with Crippen LogP contribution in [-0.4, -0.2) is 57.4 Å². The molecule has 1 saturated heterocycles. The molecule has 2 aliphatic heterocycles. The summed E-state index contributed by atoms with van der Waals surface area (Å²) in [6.07, 6.45) is 0. The van der Waals surface area contributed by atoms with Crippen molar-refractivity contribution in [3.63, 3.8) is 0 Å². The van der Waals surface area contributed by atoms with Crippen molar-refractivity contribution in [2.24, 2.45) is 0 Å². The SMILES string of the molecule is COc1cccc(N2CCN(CC(=O)NCc3ccc4c(c3)OCO4)CC2)c1. The maximum Gasteiger partial charge on any atom is 0.234 e. The van der Waals surface area contributed by atoms with Crippen molar-refractivity contribution < 1.29 is 19.0 Å². The number of piperazine rings is 1. The molecular weight excluding hydrogens is 358 g/mol. The normalized spacial score (nSPS) is 16.1. The second-order valence-electron chi connectivity index (χ2n) is 6.93. The number of fused-ring (bicyclic) bond motifs is 1. The number of hydrogen-bond donors (Lipinski definition) is 1. The molecule has 1 fully saturated rings. The standard InChI is InChI=1S/C21H25N3O4/c1-26-18-4-2-3-17(12-18)24-9-7-23(8-10-24)14-21(25)22-13-16-5-6-19-20(11-16)28-15-27-19/h2-6,11-12H,7-10,13-15H2,1H3,(H,22,25). The number of anilines is 1. The number of nitrogens with one attached hydrogen (secondary N) is 1. The summed E-state index contributed by atoms with van der Waals surface area (Å²) in [5.41, 5.74) is 2.16. The highest BCUT2D eigenvalue weighted by Gasteiger charge is 2.20. The molecular formula is C21H25N3O4. The van der Waals surface area contributed by atoms with Crippen LogP contribution in [0.25, 0.3) is 0 Å². The summed E-state index contributed by atoms with van der Waals surface area (Å²) in [4.78, 5) is 16.8. The van der Waals surface area contributed by atoms with E-state index in [1.165, 1.54) is 0 Å².